The summed E-state index contributed by atoms with van der Waals surface area (Å²) in [5, 5.41) is 1.42. The maximum Gasteiger partial charge on any atom is -0.00131 e. The Morgan fingerprint density at radius 1 is 1.12 bits per heavy atom. The summed E-state index contributed by atoms with van der Waals surface area (Å²) in [6.45, 7) is 6.91. The number of hydrogen-bond acceptors (Lipinski definition) is 1. The molecule has 1 unspecified atom stereocenters. The van der Waals surface area contributed by atoms with Gasteiger partial charge in [0, 0.05) is 0 Å². The first-order chi connectivity index (χ1) is 7.92. The summed E-state index contributed by atoms with van der Waals surface area (Å²) >= 11 is 5.96. The van der Waals surface area contributed by atoms with E-state index in [1.54, 1.807) is 5.57 Å². The molecule has 1 aromatic carbocycles. The summed E-state index contributed by atoms with van der Waals surface area (Å²) < 4.78 is 0. The minimum Gasteiger partial charge on any atom is -0.0922 e. The van der Waals surface area contributed by atoms with Gasteiger partial charge in [0.2, 0.25) is 0 Å². The zero-order valence-electron chi connectivity index (χ0n) is 10.9. The van der Waals surface area contributed by atoms with Crippen LogP contribution >= 0.6 is 6.04 Å². The predicted octanol–water partition coefficient (Wildman–Crippen LogP) is 4.17. The van der Waals surface area contributed by atoms with Crippen molar-refractivity contribution in [2.45, 2.75) is 27.2 Å². The summed E-state index contributed by atoms with van der Waals surface area (Å²) in [4.78, 5) is 0. The van der Waals surface area contributed by atoms with E-state index >= 15 is 0 Å². The van der Waals surface area contributed by atoms with Gasteiger partial charge in [0.15, 0.2) is 0 Å². The molecule has 0 fully saturated rings. The van der Waals surface area contributed by atoms with Crippen molar-refractivity contribution in [2.24, 2.45) is 5.41 Å². The third-order valence-electron chi connectivity index (χ3n) is 3.57. The van der Waals surface area contributed by atoms with E-state index in [1.165, 1.54) is 17.9 Å². The first kappa shape index (κ1) is 13.1. The predicted molar refractivity (Wildman–Crippen MR) is 82.3 cm³/mol. The fourth-order valence-corrected chi connectivity index (χ4v) is 5.71. The Kier molecular flexibility index (Phi) is 3.61. The Hall–Kier alpha value is -0.390. The zero-order valence-corrected chi connectivity index (χ0v) is 12.7. The third-order valence-corrected chi connectivity index (χ3v) is 8.15. The summed E-state index contributed by atoms with van der Waals surface area (Å²) in [6, 6.07) is 9.43. The minimum atomic E-state index is -1.32. The van der Waals surface area contributed by atoms with Crippen LogP contribution in [-0.4, -0.2) is 12.3 Å². The molecule has 2 rings (SSSR count). The summed E-state index contributed by atoms with van der Waals surface area (Å²) in [7, 11) is 0. The molecule has 0 nitrogen and oxygen atoms in total. The van der Waals surface area contributed by atoms with Crippen LogP contribution in [0.25, 0.3) is 0 Å². The molecular formula is C15H21PS. The van der Waals surface area contributed by atoms with Gasteiger partial charge in [-0.25, -0.2) is 0 Å². The van der Waals surface area contributed by atoms with Crippen LogP contribution in [-0.2, 0) is 11.8 Å². The molecule has 0 bridgehead atoms. The second kappa shape index (κ2) is 4.71. The largest absolute Gasteiger partial charge is 0.0922 e. The topological polar surface area (TPSA) is 0 Å². The number of rotatable bonds is 1. The van der Waals surface area contributed by atoms with Crippen LogP contribution in [0.5, 0.6) is 0 Å². The van der Waals surface area contributed by atoms with Gasteiger partial charge in [-0.2, -0.15) is 0 Å². The molecule has 0 saturated heterocycles. The standard InChI is InChI=1S/C15H21PS/c1-15(2,3)13-9-11-16(17,12-10-13)14-7-5-4-6-8-14/h4-9H,10-12H2,1-3H3. The minimum absolute atomic E-state index is 0.317. The smallest absolute Gasteiger partial charge is 0.00131 e. The fraction of sp³-hybridized carbons (Fsp3) is 0.467. The first-order valence-electron chi connectivity index (χ1n) is 6.25. The van der Waals surface area contributed by atoms with Gasteiger partial charge in [-0.05, 0) is 35.5 Å². The monoisotopic (exact) mass is 264 g/mol. The molecular weight excluding hydrogens is 243 g/mol. The Morgan fingerprint density at radius 2 is 1.76 bits per heavy atom. The SMILES string of the molecule is CC(C)(C)C1=CCP(=S)(c2ccccc2)CC1. The molecule has 92 valence electrons. The van der Waals surface area contributed by atoms with Crippen LogP contribution in [0.15, 0.2) is 42.0 Å². The number of hydrogen-bond donors (Lipinski definition) is 0. The van der Waals surface area contributed by atoms with Gasteiger partial charge >= 0.3 is 0 Å². The lowest BCUT2D eigenvalue weighted by atomic mass is 9.85. The van der Waals surface area contributed by atoms with E-state index in [-0.39, 0.29) is 0 Å². The average molecular weight is 264 g/mol. The number of benzene rings is 1. The van der Waals surface area contributed by atoms with Crippen LogP contribution in [0.1, 0.15) is 27.2 Å². The van der Waals surface area contributed by atoms with Crippen LogP contribution in [0.2, 0.25) is 0 Å². The third kappa shape index (κ3) is 2.89. The van der Waals surface area contributed by atoms with Crippen molar-refractivity contribution in [1.82, 2.24) is 0 Å². The van der Waals surface area contributed by atoms with Gasteiger partial charge in [0.25, 0.3) is 0 Å². The maximum absolute atomic E-state index is 5.96. The normalized spacial score (nSPS) is 25.5. The van der Waals surface area contributed by atoms with E-state index in [1.807, 2.05) is 0 Å². The van der Waals surface area contributed by atoms with E-state index in [4.69, 9.17) is 11.8 Å². The van der Waals surface area contributed by atoms with Crippen molar-refractivity contribution in [1.29, 1.82) is 0 Å². The summed E-state index contributed by atoms with van der Waals surface area (Å²) in [5.74, 6) is 0. The highest BCUT2D eigenvalue weighted by Gasteiger charge is 2.27. The zero-order chi connectivity index (χ0) is 12.5. The van der Waals surface area contributed by atoms with Gasteiger partial charge in [-0.3, -0.25) is 0 Å². The molecule has 0 N–H and O–H groups in total. The first-order valence-corrected chi connectivity index (χ1v) is 9.42. The van der Waals surface area contributed by atoms with Crippen molar-refractivity contribution >= 4 is 23.1 Å². The molecule has 1 aliphatic rings. The van der Waals surface area contributed by atoms with Gasteiger partial charge in [-0.15, -0.1) is 0 Å². The summed E-state index contributed by atoms with van der Waals surface area (Å²) in [6.07, 6.45) is 5.93. The number of allylic oxidation sites excluding steroid dienone is 2. The van der Waals surface area contributed by atoms with Gasteiger partial charge < -0.3 is 0 Å². The van der Waals surface area contributed by atoms with Crippen LogP contribution in [0.4, 0.5) is 0 Å². The fourth-order valence-electron chi connectivity index (χ4n) is 2.37. The maximum atomic E-state index is 5.96. The average Bonchev–Trinajstić information content (AvgIpc) is 2.29. The van der Waals surface area contributed by atoms with E-state index in [0.29, 0.717) is 5.41 Å². The molecule has 1 aliphatic heterocycles. The quantitative estimate of drug-likeness (QED) is 0.542. The van der Waals surface area contributed by atoms with Crippen molar-refractivity contribution in [2.75, 3.05) is 12.3 Å². The van der Waals surface area contributed by atoms with Crippen molar-refractivity contribution < 1.29 is 0 Å². The molecule has 0 spiro atoms. The molecule has 1 atom stereocenters. The molecule has 0 aliphatic carbocycles. The van der Waals surface area contributed by atoms with Gasteiger partial charge in [0.05, 0.1) is 0 Å². The molecule has 0 aromatic heterocycles. The Bertz CT molecular complexity index is 465. The van der Waals surface area contributed by atoms with Gasteiger partial charge in [-0.1, -0.05) is 74.6 Å². The highest BCUT2D eigenvalue weighted by atomic mass is 32.4. The van der Waals surface area contributed by atoms with E-state index < -0.39 is 6.04 Å². The summed E-state index contributed by atoms with van der Waals surface area (Å²) in [5.41, 5.74) is 1.91. The Morgan fingerprint density at radius 3 is 2.24 bits per heavy atom. The molecule has 0 amide bonds. The van der Waals surface area contributed by atoms with Crippen LogP contribution in [0.3, 0.4) is 0 Å². The van der Waals surface area contributed by atoms with E-state index in [2.05, 4.69) is 57.2 Å². The second-order valence-electron chi connectivity index (χ2n) is 5.86. The van der Waals surface area contributed by atoms with Crippen molar-refractivity contribution in [3.8, 4) is 0 Å². The molecule has 2 heteroatoms. The van der Waals surface area contributed by atoms with Crippen LogP contribution in [0, 0.1) is 5.41 Å². The highest BCUT2D eigenvalue weighted by molar-refractivity contribution is 8.18. The Labute approximate surface area is 110 Å². The second-order valence-corrected chi connectivity index (χ2v) is 11.1. The lowest BCUT2D eigenvalue weighted by Crippen LogP contribution is -2.19. The molecule has 1 heterocycles. The molecule has 1 aromatic rings. The lowest BCUT2D eigenvalue weighted by molar-refractivity contribution is 0.486. The van der Waals surface area contributed by atoms with Crippen molar-refractivity contribution in [3.05, 3.63) is 42.0 Å². The Balaban J connectivity index is 2.24. The van der Waals surface area contributed by atoms with Gasteiger partial charge in [0.1, 0.15) is 0 Å². The molecule has 0 saturated carbocycles. The highest BCUT2D eigenvalue weighted by Crippen LogP contribution is 2.50. The molecule has 17 heavy (non-hydrogen) atoms. The lowest BCUT2D eigenvalue weighted by Gasteiger charge is -2.32. The van der Waals surface area contributed by atoms with E-state index in [9.17, 15) is 0 Å². The van der Waals surface area contributed by atoms with Crippen LogP contribution < -0.4 is 5.30 Å². The molecule has 0 radical (unpaired) electrons. The van der Waals surface area contributed by atoms with Crippen molar-refractivity contribution in [3.63, 3.8) is 0 Å². The van der Waals surface area contributed by atoms with E-state index in [0.717, 1.165) is 6.16 Å².